The molecule has 1 aromatic heterocycles. The van der Waals surface area contributed by atoms with Gasteiger partial charge in [0.25, 0.3) is 0 Å². The van der Waals surface area contributed by atoms with Crippen molar-refractivity contribution in [3.8, 4) is 11.4 Å². The summed E-state index contributed by atoms with van der Waals surface area (Å²) in [5.74, 6) is 0.877. The normalized spacial score (nSPS) is 18.2. The lowest BCUT2D eigenvalue weighted by molar-refractivity contribution is 0.156. The number of ether oxygens (including phenoxy) is 1. The maximum Gasteiger partial charge on any atom is 0.119 e. The molecule has 0 fully saturated rings. The summed E-state index contributed by atoms with van der Waals surface area (Å²) in [5.41, 5.74) is 4.67. The Kier molecular flexibility index (Phi) is 3.07. The molecule has 0 radical (unpaired) electrons. The fourth-order valence-electron chi connectivity index (χ4n) is 2.92. The van der Waals surface area contributed by atoms with E-state index in [4.69, 9.17) is 4.74 Å². The van der Waals surface area contributed by atoms with Crippen molar-refractivity contribution >= 4 is 0 Å². The Bertz CT molecular complexity index is 601. The third kappa shape index (κ3) is 2.04. The Hall–Kier alpha value is -1.74. The summed E-state index contributed by atoms with van der Waals surface area (Å²) >= 11 is 0. The Morgan fingerprint density at radius 1 is 1.32 bits per heavy atom. The first kappa shape index (κ1) is 12.3. The average molecular weight is 257 g/mol. The number of hydrogen-bond acceptors (Lipinski definition) is 2. The van der Waals surface area contributed by atoms with E-state index in [0.717, 1.165) is 36.3 Å². The molecule has 0 bridgehead atoms. The van der Waals surface area contributed by atoms with Gasteiger partial charge in [-0.15, -0.1) is 0 Å². The third-order valence-electron chi connectivity index (χ3n) is 3.94. The third-order valence-corrected chi connectivity index (χ3v) is 3.94. The molecule has 1 aromatic carbocycles. The van der Waals surface area contributed by atoms with Crippen LogP contribution in [-0.2, 0) is 6.42 Å². The largest absolute Gasteiger partial charge is 0.497 e. The molecule has 0 saturated heterocycles. The van der Waals surface area contributed by atoms with E-state index in [2.05, 4.69) is 23.8 Å². The molecule has 1 atom stereocenters. The minimum absolute atomic E-state index is 0.302. The number of fused-ring (bicyclic) bond motifs is 1. The molecule has 1 heterocycles. The lowest BCUT2D eigenvalue weighted by Gasteiger charge is -2.21. The highest BCUT2D eigenvalue weighted by Crippen LogP contribution is 2.33. The topological polar surface area (TPSA) is 34.4 Å². The maximum atomic E-state index is 10.0. The van der Waals surface area contributed by atoms with Crippen LogP contribution in [-0.4, -0.2) is 16.8 Å². The number of rotatable bonds is 2. The van der Waals surface area contributed by atoms with E-state index in [1.807, 2.05) is 18.2 Å². The number of benzene rings is 1. The average Bonchev–Trinajstić information content (AvgIpc) is 2.84. The van der Waals surface area contributed by atoms with Crippen molar-refractivity contribution in [3.63, 3.8) is 0 Å². The summed E-state index contributed by atoms with van der Waals surface area (Å²) in [6, 6.07) is 8.15. The van der Waals surface area contributed by atoms with Crippen molar-refractivity contribution in [2.24, 2.45) is 0 Å². The minimum Gasteiger partial charge on any atom is -0.497 e. The molecule has 19 heavy (non-hydrogen) atoms. The number of aliphatic hydroxyl groups excluding tert-OH is 1. The van der Waals surface area contributed by atoms with Crippen molar-refractivity contribution in [1.82, 2.24) is 4.57 Å². The molecule has 3 rings (SSSR count). The molecule has 3 nitrogen and oxygen atoms in total. The molecule has 1 N–H and O–H groups in total. The van der Waals surface area contributed by atoms with Crippen LogP contribution in [0.15, 0.2) is 30.5 Å². The summed E-state index contributed by atoms with van der Waals surface area (Å²) in [6.45, 7) is 2.09. The monoisotopic (exact) mass is 257 g/mol. The summed E-state index contributed by atoms with van der Waals surface area (Å²) in [7, 11) is 1.68. The molecule has 0 amide bonds. The summed E-state index contributed by atoms with van der Waals surface area (Å²) in [4.78, 5) is 0. The van der Waals surface area contributed by atoms with Crippen molar-refractivity contribution in [1.29, 1.82) is 0 Å². The summed E-state index contributed by atoms with van der Waals surface area (Å²) in [5, 5.41) is 10.0. The zero-order valence-corrected chi connectivity index (χ0v) is 11.4. The zero-order valence-electron chi connectivity index (χ0n) is 11.4. The van der Waals surface area contributed by atoms with Crippen LogP contribution in [0, 0.1) is 6.92 Å². The number of aromatic nitrogens is 1. The molecule has 0 saturated carbocycles. The van der Waals surface area contributed by atoms with Crippen LogP contribution < -0.4 is 4.74 Å². The molecule has 1 aliphatic rings. The minimum atomic E-state index is -0.302. The number of hydrogen-bond donors (Lipinski definition) is 1. The van der Waals surface area contributed by atoms with Crippen LogP contribution in [0.3, 0.4) is 0 Å². The number of aryl methyl sites for hydroxylation is 1. The van der Waals surface area contributed by atoms with Gasteiger partial charge in [-0.3, -0.25) is 0 Å². The SMILES string of the molecule is COc1ccc(-n2ccc3c2CCCC3O)c(C)c1. The van der Waals surface area contributed by atoms with Gasteiger partial charge in [-0.05, 0) is 56.0 Å². The van der Waals surface area contributed by atoms with Gasteiger partial charge in [0, 0.05) is 23.1 Å². The van der Waals surface area contributed by atoms with E-state index >= 15 is 0 Å². The quantitative estimate of drug-likeness (QED) is 0.896. The van der Waals surface area contributed by atoms with E-state index in [-0.39, 0.29) is 6.10 Å². The van der Waals surface area contributed by atoms with Crippen LogP contribution in [0.1, 0.15) is 35.8 Å². The molecule has 100 valence electrons. The van der Waals surface area contributed by atoms with Crippen LogP contribution in [0.4, 0.5) is 0 Å². The number of methoxy groups -OCH3 is 1. The van der Waals surface area contributed by atoms with Gasteiger partial charge in [0.1, 0.15) is 5.75 Å². The first-order valence-electron chi connectivity index (χ1n) is 6.74. The highest BCUT2D eigenvalue weighted by molar-refractivity contribution is 5.48. The Balaban J connectivity index is 2.08. The van der Waals surface area contributed by atoms with Crippen LogP contribution >= 0.6 is 0 Å². The van der Waals surface area contributed by atoms with Crippen molar-refractivity contribution in [3.05, 3.63) is 47.3 Å². The Morgan fingerprint density at radius 3 is 2.89 bits per heavy atom. The predicted molar refractivity (Wildman–Crippen MR) is 75.0 cm³/mol. The Labute approximate surface area is 113 Å². The number of aliphatic hydroxyl groups is 1. The fourth-order valence-corrected chi connectivity index (χ4v) is 2.92. The van der Waals surface area contributed by atoms with E-state index < -0.39 is 0 Å². The fraction of sp³-hybridized carbons (Fsp3) is 0.375. The highest BCUT2D eigenvalue weighted by atomic mass is 16.5. The zero-order chi connectivity index (χ0) is 13.4. The van der Waals surface area contributed by atoms with Crippen molar-refractivity contribution in [2.45, 2.75) is 32.3 Å². The molecule has 0 aliphatic heterocycles. The van der Waals surface area contributed by atoms with Gasteiger partial charge in [-0.1, -0.05) is 0 Å². The molecular formula is C16H19NO2. The summed E-state index contributed by atoms with van der Waals surface area (Å²) in [6.07, 6.45) is 4.72. The van der Waals surface area contributed by atoms with E-state index in [0.29, 0.717) is 0 Å². The second kappa shape index (κ2) is 4.74. The number of nitrogens with zero attached hydrogens (tertiary/aromatic N) is 1. The maximum absolute atomic E-state index is 10.0. The standard InChI is InChI=1S/C16H19NO2/c1-11-10-12(19-2)6-7-14(11)17-9-8-13-15(17)4-3-5-16(13)18/h6-10,16,18H,3-5H2,1-2H3. The van der Waals surface area contributed by atoms with Crippen molar-refractivity contribution < 1.29 is 9.84 Å². The van der Waals surface area contributed by atoms with Crippen LogP contribution in [0.25, 0.3) is 5.69 Å². The highest BCUT2D eigenvalue weighted by Gasteiger charge is 2.22. The van der Waals surface area contributed by atoms with Gasteiger partial charge in [-0.2, -0.15) is 0 Å². The van der Waals surface area contributed by atoms with Crippen LogP contribution in [0.5, 0.6) is 5.75 Å². The van der Waals surface area contributed by atoms with E-state index in [1.54, 1.807) is 7.11 Å². The lowest BCUT2D eigenvalue weighted by atomic mass is 9.95. The van der Waals surface area contributed by atoms with E-state index in [1.165, 1.54) is 11.3 Å². The van der Waals surface area contributed by atoms with Gasteiger partial charge >= 0.3 is 0 Å². The first-order chi connectivity index (χ1) is 9.20. The molecule has 1 unspecified atom stereocenters. The van der Waals surface area contributed by atoms with Crippen LogP contribution in [0.2, 0.25) is 0 Å². The van der Waals surface area contributed by atoms with Crippen molar-refractivity contribution in [2.75, 3.05) is 7.11 Å². The smallest absolute Gasteiger partial charge is 0.119 e. The predicted octanol–water partition coefficient (Wildman–Crippen LogP) is 3.16. The molecule has 0 spiro atoms. The second-order valence-electron chi connectivity index (χ2n) is 5.15. The molecular weight excluding hydrogens is 238 g/mol. The second-order valence-corrected chi connectivity index (χ2v) is 5.15. The first-order valence-corrected chi connectivity index (χ1v) is 6.74. The van der Waals surface area contributed by atoms with Gasteiger partial charge in [-0.25, -0.2) is 0 Å². The lowest BCUT2D eigenvalue weighted by Crippen LogP contribution is -2.11. The Morgan fingerprint density at radius 2 is 2.16 bits per heavy atom. The molecule has 2 aromatic rings. The summed E-state index contributed by atoms with van der Waals surface area (Å²) < 4.78 is 7.45. The van der Waals surface area contributed by atoms with E-state index in [9.17, 15) is 5.11 Å². The van der Waals surface area contributed by atoms with Gasteiger partial charge < -0.3 is 14.4 Å². The van der Waals surface area contributed by atoms with Gasteiger partial charge in [0.15, 0.2) is 0 Å². The van der Waals surface area contributed by atoms with Gasteiger partial charge in [0.05, 0.1) is 13.2 Å². The molecule has 3 heteroatoms. The van der Waals surface area contributed by atoms with Gasteiger partial charge in [0.2, 0.25) is 0 Å². The molecule has 1 aliphatic carbocycles.